The highest BCUT2D eigenvalue weighted by Crippen LogP contribution is 2.17. The van der Waals surface area contributed by atoms with Gasteiger partial charge in [-0.05, 0) is 17.5 Å². The minimum Gasteiger partial charge on any atom is -0.412 e. The standard InChI is InChI=1S/C5H3NOS.H2O/c7-4-6-5-2-1-3-8-5;/h1-3H;1H2. The lowest BCUT2D eigenvalue weighted by Crippen LogP contribution is -1.44. The summed E-state index contributed by atoms with van der Waals surface area (Å²) in [4.78, 5) is 13.0. The molecule has 9 heavy (non-hydrogen) atoms. The first-order valence-electron chi connectivity index (χ1n) is 2.05. The maximum absolute atomic E-state index is 9.59. The zero-order chi connectivity index (χ0) is 5.82. The van der Waals surface area contributed by atoms with Gasteiger partial charge in [0.25, 0.3) is 0 Å². The molecule has 0 saturated carbocycles. The first kappa shape index (κ1) is 8.04. The van der Waals surface area contributed by atoms with E-state index in [1.807, 2.05) is 11.4 Å². The van der Waals surface area contributed by atoms with Gasteiger partial charge in [0, 0.05) is 0 Å². The number of isocyanates is 1. The molecule has 1 aromatic rings. The monoisotopic (exact) mass is 143 g/mol. The van der Waals surface area contributed by atoms with Crippen LogP contribution in [0.4, 0.5) is 5.00 Å². The highest BCUT2D eigenvalue weighted by Gasteiger charge is 1.82. The third-order valence-corrected chi connectivity index (χ3v) is 1.42. The first-order chi connectivity index (χ1) is 3.93. The molecule has 0 bridgehead atoms. The van der Waals surface area contributed by atoms with Crippen LogP contribution in [0.5, 0.6) is 0 Å². The normalized spacial score (nSPS) is 7.11. The highest BCUT2D eigenvalue weighted by molar-refractivity contribution is 7.13. The second kappa shape index (κ2) is 3.97. The molecule has 0 aromatic carbocycles. The van der Waals surface area contributed by atoms with Gasteiger partial charge in [-0.2, -0.15) is 4.99 Å². The molecular weight excluding hydrogens is 138 g/mol. The number of rotatable bonds is 1. The molecule has 1 heterocycles. The Morgan fingerprint density at radius 1 is 1.67 bits per heavy atom. The van der Waals surface area contributed by atoms with E-state index < -0.39 is 0 Å². The number of aliphatic imine (C=N–C) groups is 1. The van der Waals surface area contributed by atoms with Crippen molar-refractivity contribution in [1.82, 2.24) is 0 Å². The van der Waals surface area contributed by atoms with E-state index in [0.29, 0.717) is 5.00 Å². The van der Waals surface area contributed by atoms with Gasteiger partial charge in [-0.3, -0.25) is 0 Å². The van der Waals surface area contributed by atoms with Crippen molar-refractivity contribution in [2.24, 2.45) is 4.99 Å². The fourth-order valence-corrected chi connectivity index (χ4v) is 0.922. The molecule has 0 aliphatic heterocycles. The van der Waals surface area contributed by atoms with Crippen LogP contribution in [0.15, 0.2) is 22.5 Å². The van der Waals surface area contributed by atoms with Crippen LogP contribution in [0.3, 0.4) is 0 Å². The summed E-state index contributed by atoms with van der Waals surface area (Å²) in [5.41, 5.74) is 0. The van der Waals surface area contributed by atoms with Crippen LogP contribution < -0.4 is 0 Å². The number of hydrogen-bond donors (Lipinski definition) is 0. The molecule has 0 atom stereocenters. The molecule has 48 valence electrons. The topological polar surface area (TPSA) is 60.9 Å². The Morgan fingerprint density at radius 2 is 2.44 bits per heavy atom. The molecule has 1 rings (SSSR count). The van der Waals surface area contributed by atoms with Crippen molar-refractivity contribution in [3.8, 4) is 0 Å². The van der Waals surface area contributed by atoms with Gasteiger partial charge in [-0.25, -0.2) is 4.79 Å². The lowest BCUT2D eigenvalue weighted by atomic mass is 10.6. The van der Waals surface area contributed by atoms with Crippen LogP contribution in [-0.2, 0) is 4.79 Å². The van der Waals surface area contributed by atoms with Crippen LogP contribution in [0.2, 0.25) is 0 Å². The van der Waals surface area contributed by atoms with E-state index in [0.717, 1.165) is 0 Å². The minimum absolute atomic E-state index is 0. The van der Waals surface area contributed by atoms with Crippen LogP contribution in [-0.4, -0.2) is 11.6 Å². The molecule has 4 heteroatoms. The largest absolute Gasteiger partial charge is 0.412 e. The van der Waals surface area contributed by atoms with E-state index >= 15 is 0 Å². The zero-order valence-corrected chi connectivity index (χ0v) is 5.31. The molecule has 0 radical (unpaired) electrons. The van der Waals surface area contributed by atoms with E-state index in [4.69, 9.17) is 0 Å². The summed E-state index contributed by atoms with van der Waals surface area (Å²) in [5, 5.41) is 2.57. The lowest BCUT2D eigenvalue weighted by Gasteiger charge is -1.69. The predicted octanol–water partition coefficient (Wildman–Crippen LogP) is 0.891. The summed E-state index contributed by atoms with van der Waals surface area (Å²) < 4.78 is 0. The highest BCUT2D eigenvalue weighted by atomic mass is 32.1. The molecule has 0 aliphatic carbocycles. The van der Waals surface area contributed by atoms with Crippen molar-refractivity contribution in [3.63, 3.8) is 0 Å². The van der Waals surface area contributed by atoms with E-state index in [1.54, 1.807) is 6.07 Å². The lowest BCUT2D eigenvalue weighted by molar-refractivity contribution is 0.565. The molecule has 0 unspecified atom stereocenters. The van der Waals surface area contributed by atoms with E-state index in [1.165, 1.54) is 17.4 Å². The average molecular weight is 143 g/mol. The number of carbonyl (C=O) groups excluding carboxylic acids is 1. The SMILES string of the molecule is O.O=C=Nc1cccs1. The molecule has 0 saturated heterocycles. The molecule has 0 spiro atoms. The van der Waals surface area contributed by atoms with Crippen LogP contribution in [0, 0.1) is 0 Å². The average Bonchev–Trinajstić information content (AvgIpc) is 2.19. The van der Waals surface area contributed by atoms with Gasteiger partial charge in [0.1, 0.15) is 5.00 Å². The third kappa shape index (κ3) is 2.19. The Hall–Kier alpha value is -0.960. The van der Waals surface area contributed by atoms with Crippen molar-refractivity contribution in [3.05, 3.63) is 17.5 Å². The van der Waals surface area contributed by atoms with E-state index in [9.17, 15) is 4.79 Å². The quantitative estimate of drug-likeness (QED) is 0.425. The first-order valence-corrected chi connectivity index (χ1v) is 2.93. The van der Waals surface area contributed by atoms with Crippen molar-refractivity contribution in [2.75, 3.05) is 0 Å². The van der Waals surface area contributed by atoms with Gasteiger partial charge in [-0.1, -0.05) is 0 Å². The van der Waals surface area contributed by atoms with E-state index in [-0.39, 0.29) is 5.48 Å². The van der Waals surface area contributed by atoms with Crippen molar-refractivity contribution in [2.45, 2.75) is 0 Å². The predicted molar refractivity (Wildman–Crippen MR) is 35.7 cm³/mol. The Balaban J connectivity index is 0.000000640. The Bertz CT molecular complexity index is 201. The van der Waals surface area contributed by atoms with Gasteiger partial charge in [0.05, 0.1) is 0 Å². The molecule has 2 N–H and O–H groups in total. The molecule has 3 nitrogen and oxygen atoms in total. The van der Waals surface area contributed by atoms with Crippen molar-refractivity contribution < 1.29 is 10.3 Å². The number of nitrogens with zero attached hydrogens (tertiary/aromatic N) is 1. The second-order valence-corrected chi connectivity index (χ2v) is 2.08. The maximum atomic E-state index is 9.59. The fraction of sp³-hybridized carbons (Fsp3) is 0. The van der Waals surface area contributed by atoms with Crippen molar-refractivity contribution in [1.29, 1.82) is 0 Å². The summed E-state index contributed by atoms with van der Waals surface area (Å²) in [6, 6.07) is 3.59. The maximum Gasteiger partial charge on any atom is 0.241 e. The summed E-state index contributed by atoms with van der Waals surface area (Å²) in [6.07, 6.45) is 1.46. The number of hydrogen-bond acceptors (Lipinski definition) is 3. The Kier molecular flexibility index (Phi) is 3.55. The second-order valence-electron chi connectivity index (χ2n) is 1.15. The van der Waals surface area contributed by atoms with Gasteiger partial charge in [-0.15, -0.1) is 11.3 Å². The summed E-state index contributed by atoms with van der Waals surface area (Å²) in [7, 11) is 0. The smallest absolute Gasteiger partial charge is 0.241 e. The summed E-state index contributed by atoms with van der Waals surface area (Å²) in [5.74, 6) is 0. The summed E-state index contributed by atoms with van der Waals surface area (Å²) >= 11 is 1.42. The molecule has 0 fully saturated rings. The van der Waals surface area contributed by atoms with Crippen LogP contribution in [0.25, 0.3) is 0 Å². The Labute approximate surface area is 56.0 Å². The molecule has 0 amide bonds. The van der Waals surface area contributed by atoms with Gasteiger partial charge >= 0.3 is 0 Å². The molecular formula is C5H5NO2S. The molecule has 1 aromatic heterocycles. The van der Waals surface area contributed by atoms with Gasteiger partial charge in [0.2, 0.25) is 6.08 Å². The fourth-order valence-electron chi connectivity index (χ4n) is 0.378. The summed E-state index contributed by atoms with van der Waals surface area (Å²) in [6.45, 7) is 0. The van der Waals surface area contributed by atoms with Gasteiger partial charge < -0.3 is 5.48 Å². The molecule has 0 aliphatic rings. The third-order valence-electron chi connectivity index (χ3n) is 0.662. The van der Waals surface area contributed by atoms with Crippen LogP contribution >= 0.6 is 11.3 Å². The minimum atomic E-state index is 0. The van der Waals surface area contributed by atoms with Crippen LogP contribution in [0.1, 0.15) is 0 Å². The van der Waals surface area contributed by atoms with Gasteiger partial charge in [0.15, 0.2) is 0 Å². The van der Waals surface area contributed by atoms with Crippen molar-refractivity contribution >= 4 is 22.4 Å². The zero-order valence-electron chi connectivity index (χ0n) is 4.50. The van der Waals surface area contributed by atoms with E-state index in [2.05, 4.69) is 4.99 Å². The Morgan fingerprint density at radius 3 is 2.89 bits per heavy atom. The number of thiophene rings is 1.